The van der Waals surface area contributed by atoms with Gasteiger partial charge >= 0.3 is 0 Å². The Morgan fingerprint density at radius 1 is 1.12 bits per heavy atom. The minimum absolute atomic E-state index is 0. The fraction of sp³-hybridized carbons (Fsp3) is 0.412. The van der Waals surface area contributed by atoms with Crippen molar-refractivity contribution in [3.8, 4) is 11.5 Å². The molecule has 1 aliphatic heterocycles. The van der Waals surface area contributed by atoms with Crippen LogP contribution >= 0.6 is 12.4 Å². The summed E-state index contributed by atoms with van der Waals surface area (Å²) in [6, 6.07) is 2.34. The topological polar surface area (TPSA) is 73.5 Å². The van der Waals surface area contributed by atoms with Crippen molar-refractivity contribution in [3.63, 3.8) is 0 Å². The van der Waals surface area contributed by atoms with Crippen LogP contribution in [-0.4, -0.2) is 35.8 Å². The summed E-state index contributed by atoms with van der Waals surface area (Å²) in [7, 11) is 0. The Bertz CT molecular complexity index is 861. The number of halogens is 1. The fourth-order valence-electron chi connectivity index (χ4n) is 3.78. The largest absolute Gasteiger partial charge is 0.320 e. The summed E-state index contributed by atoms with van der Waals surface area (Å²) < 4.78 is 4.30. The lowest BCUT2D eigenvalue weighted by molar-refractivity contribution is 0.468. The van der Waals surface area contributed by atoms with Crippen LogP contribution in [0.3, 0.4) is 0 Å². The lowest BCUT2D eigenvalue weighted by Crippen LogP contribution is -2.28. The van der Waals surface area contributed by atoms with Crippen molar-refractivity contribution in [2.45, 2.75) is 38.4 Å². The van der Waals surface area contributed by atoms with Gasteiger partial charge in [0, 0.05) is 37.9 Å². The van der Waals surface area contributed by atoms with Crippen molar-refractivity contribution in [3.05, 3.63) is 47.9 Å². The van der Waals surface area contributed by atoms with Gasteiger partial charge in [0.2, 0.25) is 0 Å². The quantitative estimate of drug-likeness (QED) is 0.759. The molecule has 0 saturated heterocycles. The van der Waals surface area contributed by atoms with E-state index in [1.807, 2.05) is 12.4 Å². The van der Waals surface area contributed by atoms with Gasteiger partial charge in [0.05, 0.1) is 29.7 Å². The molecule has 1 aliphatic carbocycles. The summed E-state index contributed by atoms with van der Waals surface area (Å²) in [5, 5.41) is 8.15. The molecule has 8 heteroatoms. The monoisotopic (exact) mass is 357 g/mol. The normalized spacial score (nSPS) is 19.0. The average Bonchev–Trinajstić information content (AvgIpc) is 3.27. The minimum Gasteiger partial charge on any atom is -0.320 e. The van der Waals surface area contributed by atoms with Gasteiger partial charge in [-0.25, -0.2) is 4.98 Å². The summed E-state index contributed by atoms with van der Waals surface area (Å²) in [6.45, 7) is 2.74. The van der Waals surface area contributed by atoms with Gasteiger partial charge in [-0.3, -0.25) is 14.6 Å². The van der Waals surface area contributed by atoms with Gasteiger partial charge in [-0.1, -0.05) is 0 Å². The van der Waals surface area contributed by atoms with Crippen molar-refractivity contribution in [2.75, 3.05) is 6.54 Å². The van der Waals surface area contributed by atoms with E-state index in [-0.39, 0.29) is 18.4 Å². The second-order valence-electron chi connectivity index (χ2n) is 6.38. The molecule has 0 saturated carbocycles. The summed E-state index contributed by atoms with van der Waals surface area (Å²) in [5.74, 6) is 0.917. The van der Waals surface area contributed by atoms with Gasteiger partial charge in [-0.15, -0.1) is 12.4 Å². The first kappa shape index (κ1) is 16.2. The molecule has 0 spiro atoms. The van der Waals surface area contributed by atoms with Crippen LogP contribution < -0.4 is 5.32 Å². The van der Waals surface area contributed by atoms with Crippen molar-refractivity contribution in [1.82, 2.24) is 34.6 Å². The second-order valence-corrected chi connectivity index (χ2v) is 6.38. The highest BCUT2D eigenvalue weighted by Crippen LogP contribution is 2.33. The molecule has 0 bridgehead atoms. The number of rotatable bonds is 2. The SMILES string of the molecule is Cl.c1cnc2c(n1)CCCC2n1ccnc1-c1cc2n(n1)CCNC2. The zero-order valence-corrected chi connectivity index (χ0v) is 14.6. The number of hydrogen-bond acceptors (Lipinski definition) is 5. The van der Waals surface area contributed by atoms with Gasteiger partial charge in [-0.2, -0.15) is 5.10 Å². The molecular formula is C17H20ClN7. The van der Waals surface area contributed by atoms with Gasteiger partial charge in [0.15, 0.2) is 5.82 Å². The summed E-state index contributed by atoms with van der Waals surface area (Å²) in [5.41, 5.74) is 4.35. The molecule has 7 nitrogen and oxygen atoms in total. The van der Waals surface area contributed by atoms with E-state index in [0.29, 0.717) is 0 Å². The summed E-state index contributed by atoms with van der Waals surface area (Å²) in [6.07, 6.45) is 10.7. The first-order valence-corrected chi connectivity index (χ1v) is 8.50. The van der Waals surface area contributed by atoms with Gasteiger partial charge in [0.1, 0.15) is 5.69 Å². The third-order valence-electron chi connectivity index (χ3n) is 4.92. The Labute approximate surface area is 151 Å². The first-order valence-electron chi connectivity index (χ1n) is 8.50. The molecule has 0 amide bonds. The molecule has 1 unspecified atom stereocenters. The molecule has 3 aromatic heterocycles. The van der Waals surface area contributed by atoms with Crippen molar-refractivity contribution in [1.29, 1.82) is 0 Å². The van der Waals surface area contributed by atoms with Crippen LogP contribution in [0, 0.1) is 0 Å². The van der Waals surface area contributed by atoms with Crippen LogP contribution in [-0.2, 0) is 19.5 Å². The Kier molecular flexibility index (Phi) is 4.27. The van der Waals surface area contributed by atoms with Crippen LogP contribution in [0.5, 0.6) is 0 Å². The molecule has 0 aromatic carbocycles. The highest BCUT2D eigenvalue weighted by molar-refractivity contribution is 5.85. The molecule has 0 fully saturated rings. The first-order chi connectivity index (χ1) is 11.9. The third-order valence-corrected chi connectivity index (χ3v) is 4.92. The van der Waals surface area contributed by atoms with Crippen molar-refractivity contribution < 1.29 is 0 Å². The van der Waals surface area contributed by atoms with E-state index in [1.54, 1.807) is 12.4 Å². The minimum atomic E-state index is 0. The van der Waals surface area contributed by atoms with Gasteiger partial charge in [0.25, 0.3) is 0 Å². The van der Waals surface area contributed by atoms with E-state index in [1.165, 1.54) is 5.69 Å². The van der Waals surface area contributed by atoms with Crippen LogP contribution in [0.25, 0.3) is 11.5 Å². The van der Waals surface area contributed by atoms with E-state index in [2.05, 4.69) is 35.6 Å². The zero-order chi connectivity index (χ0) is 15.9. The van der Waals surface area contributed by atoms with E-state index >= 15 is 0 Å². The highest BCUT2D eigenvalue weighted by atomic mass is 35.5. The van der Waals surface area contributed by atoms with E-state index in [4.69, 9.17) is 5.10 Å². The van der Waals surface area contributed by atoms with E-state index in [9.17, 15) is 0 Å². The molecule has 25 heavy (non-hydrogen) atoms. The second kappa shape index (κ2) is 6.57. The summed E-state index contributed by atoms with van der Waals surface area (Å²) in [4.78, 5) is 13.7. The summed E-state index contributed by atoms with van der Waals surface area (Å²) >= 11 is 0. The Balaban J connectivity index is 0.00000157. The maximum Gasteiger partial charge on any atom is 0.161 e. The van der Waals surface area contributed by atoms with Crippen LogP contribution in [0.15, 0.2) is 30.9 Å². The molecule has 0 radical (unpaired) electrons. The van der Waals surface area contributed by atoms with Crippen molar-refractivity contribution in [2.24, 2.45) is 0 Å². The number of nitrogens with zero attached hydrogens (tertiary/aromatic N) is 6. The lowest BCUT2D eigenvalue weighted by Gasteiger charge is -2.25. The molecule has 2 aliphatic rings. The number of hydrogen-bond donors (Lipinski definition) is 1. The predicted molar refractivity (Wildman–Crippen MR) is 95.5 cm³/mol. The number of imidazole rings is 1. The standard InChI is InChI=1S/C17H19N7.ClH/c1-2-13-16(20-5-4-19-13)15(3-1)23-8-7-21-17(23)14-10-12-11-18-6-9-24(12)22-14;/h4-5,7-8,10,15,18H,1-3,6,9,11H2;1H. The third kappa shape index (κ3) is 2.73. The lowest BCUT2D eigenvalue weighted by atomic mass is 9.95. The molecule has 1 atom stereocenters. The van der Waals surface area contributed by atoms with Crippen LogP contribution in [0.2, 0.25) is 0 Å². The zero-order valence-electron chi connectivity index (χ0n) is 13.8. The van der Waals surface area contributed by atoms with Crippen LogP contribution in [0.1, 0.15) is 36.0 Å². The van der Waals surface area contributed by atoms with Crippen LogP contribution in [0.4, 0.5) is 0 Å². The molecule has 130 valence electrons. The van der Waals surface area contributed by atoms with Gasteiger partial charge < -0.3 is 9.88 Å². The van der Waals surface area contributed by atoms with E-state index in [0.717, 1.165) is 61.8 Å². The number of nitrogens with one attached hydrogen (secondary N) is 1. The smallest absolute Gasteiger partial charge is 0.161 e. The number of aromatic nitrogens is 6. The molecule has 1 N–H and O–H groups in total. The molecule has 5 rings (SSSR count). The molecule has 3 aromatic rings. The average molecular weight is 358 g/mol. The van der Waals surface area contributed by atoms with Crippen molar-refractivity contribution >= 4 is 12.4 Å². The Morgan fingerprint density at radius 2 is 2.04 bits per heavy atom. The maximum atomic E-state index is 4.76. The fourth-order valence-corrected chi connectivity index (χ4v) is 3.78. The maximum absolute atomic E-state index is 4.76. The predicted octanol–water partition coefficient (Wildman–Crippen LogP) is 1.99. The Morgan fingerprint density at radius 3 is 2.96 bits per heavy atom. The molecule has 4 heterocycles. The van der Waals surface area contributed by atoms with Gasteiger partial charge in [-0.05, 0) is 25.3 Å². The van der Waals surface area contributed by atoms with E-state index < -0.39 is 0 Å². The molecular weight excluding hydrogens is 338 g/mol. The Hall–Kier alpha value is -2.25. The number of aryl methyl sites for hydroxylation is 1. The number of fused-ring (bicyclic) bond motifs is 2. The highest BCUT2D eigenvalue weighted by Gasteiger charge is 2.27.